The van der Waals surface area contributed by atoms with Crippen molar-refractivity contribution in [3.05, 3.63) is 45.9 Å². The third kappa shape index (κ3) is 3.28. The van der Waals surface area contributed by atoms with Crippen LogP contribution in [0.2, 0.25) is 5.02 Å². The molecule has 0 amide bonds. The van der Waals surface area contributed by atoms with E-state index in [0.29, 0.717) is 5.52 Å². The Kier molecular flexibility index (Phi) is 4.36. The number of ether oxygens (including phenoxy) is 2. The highest BCUT2D eigenvalue weighted by molar-refractivity contribution is 7.92. The van der Waals surface area contributed by atoms with Gasteiger partial charge in [0.2, 0.25) is 0 Å². The standard InChI is InChI=1S/C15H13ClN2O6S/c1-22-12-7-11(13(23-2)6-9(12)16)18-25(20,21)8-3-4-10-14(5-8)24-15(19)17-10/h3-7,18H,1-2H3,(H,17,19). The normalized spacial score (nSPS) is 11.5. The average Bonchev–Trinajstić information content (AvgIpc) is 2.94. The molecule has 3 rings (SSSR count). The first-order chi connectivity index (χ1) is 11.8. The fraction of sp³-hybridized carbons (Fsp3) is 0.133. The van der Waals surface area contributed by atoms with Gasteiger partial charge in [0, 0.05) is 18.2 Å². The molecule has 0 aliphatic heterocycles. The number of sulfonamides is 1. The highest BCUT2D eigenvalue weighted by atomic mass is 35.5. The Labute approximate surface area is 147 Å². The number of halogens is 1. The van der Waals surface area contributed by atoms with Crippen LogP contribution in [-0.2, 0) is 10.0 Å². The summed E-state index contributed by atoms with van der Waals surface area (Å²) < 4.78 is 42.8. The van der Waals surface area contributed by atoms with Crippen molar-refractivity contribution in [1.82, 2.24) is 4.98 Å². The van der Waals surface area contributed by atoms with Gasteiger partial charge in [-0.1, -0.05) is 11.6 Å². The second-order valence-corrected chi connectivity index (χ2v) is 7.05. The van der Waals surface area contributed by atoms with Gasteiger partial charge in [0.25, 0.3) is 10.0 Å². The Morgan fingerprint density at radius 2 is 1.84 bits per heavy atom. The molecular formula is C15H13ClN2O6S. The molecule has 3 aromatic rings. The Morgan fingerprint density at radius 1 is 1.12 bits per heavy atom. The molecule has 0 spiro atoms. The van der Waals surface area contributed by atoms with Crippen molar-refractivity contribution in [2.24, 2.45) is 0 Å². The van der Waals surface area contributed by atoms with Crippen LogP contribution >= 0.6 is 11.6 Å². The summed E-state index contributed by atoms with van der Waals surface area (Å²) in [5.74, 6) is -0.155. The Balaban J connectivity index is 2.04. The molecule has 2 aromatic carbocycles. The van der Waals surface area contributed by atoms with Gasteiger partial charge in [-0.05, 0) is 12.1 Å². The number of hydrogen-bond acceptors (Lipinski definition) is 6. The monoisotopic (exact) mass is 384 g/mol. The molecule has 0 saturated carbocycles. The van der Waals surface area contributed by atoms with Gasteiger partial charge >= 0.3 is 5.76 Å². The van der Waals surface area contributed by atoms with Gasteiger partial charge in [0.15, 0.2) is 5.58 Å². The zero-order valence-corrected chi connectivity index (χ0v) is 14.7. The van der Waals surface area contributed by atoms with Crippen LogP contribution in [-0.4, -0.2) is 27.6 Å². The van der Waals surface area contributed by atoms with E-state index in [1.54, 1.807) is 0 Å². The van der Waals surface area contributed by atoms with E-state index in [1.165, 1.54) is 44.6 Å². The zero-order valence-electron chi connectivity index (χ0n) is 13.1. The van der Waals surface area contributed by atoms with E-state index >= 15 is 0 Å². The molecule has 0 saturated heterocycles. The molecule has 10 heteroatoms. The number of hydrogen-bond donors (Lipinski definition) is 2. The molecule has 0 aliphatic carbocycles. The first kappa shape index (κ1) is 17.2. The van der Waals surface area contributed by atoms with Crippen LogP contribution in [0.1, 0.15) is 0 Å². The number of rotatable bonds is 5. The van der Waals surface area contributed by atoms with Crippen LogP contribution in [0.15, 0.2) is 44.4 Å². The number of oxazole rings is 1. The van der Waals surface area contributed by atoms with Gasteiger partial charge in [-0.25, -0.2) is 13.2 Å². The smallest absolute Gasteiger partial charge is 0.417 e. The number of methoxy groups -OCH3 is 2. The maximum Gasteiger partial charge on any atom is 0.417 e. The van der Waals surface area contributed by atoms with Gasteiger partial charge in [-0.15, -0.1) is 0 Å². The molecule has 1 heterocycles. The molecule has 2 N–H and O–H groups in total. The Morgan fingerprint density at radius 3 is 2.52 bits per heavy atom. The highest BCUT2D eigenvalue weighted by Crippen LogP contribution is 2.37. The SMILES string of the molecule is COc1cc(NS(=O)(=O)c2ccc3[nH]c(=O)oc3c2)c(OC)cc1Cl. The van der Waals surface area contributed by atoms with Crippen molar-refractivity contribution in [3.63, 3.8) is 0 Å². The highest BCUT2D eigenvalue weighted by Gasteiger charge is 2.20. The van der Waals surface area contributed by atoms with Gasteiger partial charge < -0.3 is 13.9 Å². The van der Waals surface area contributed by atoms with Crippen LogP contribution in [0.4, 0.5) is 5.69 Å². The number of aromatic nitrogens is 1. The van der Waals surface area contributed by atoms with Crippen LogP contribution in [0.25, 0.3) is 11.1 Å². The molecule has 8 nitrogen and oxygen atoms in total. The van der Waals surface area contributed by atoms with E-state index in [1.807, 2.05) is 0 Å². The summed E-state index contributed by atoms with van der Waals surface area (Å²) in [6.45, 7) is 0. The van der Waals surface area contributed by atoms with Gasteiger partial charge in [-0.3, -0.25) is 9.71 Å². The fourth-order valence-corrected chi connectivity index (χ4v) is 3.54. The quantitative estimate of drug-likeness (QED) is 0.699. The van der Waals surface area contributed by atoms with Crippen LogP contribution < -0.4 is 20.0 Å². The molecule has 0 unspecified atom stereocenters. The summed E-state index contributed by atoms with van der Waals surface area (Å²) in [6.07, 6.45) is 0. The van der Waals surface area contributed by atoms with Gasteiger partial charge in [0.1, 0.15) is 11.5 Å². The molecule has 132 valence electrons. The van der Waals surface area contributed by atoms with E-state index in [9.17, 15) is 13.2 Å². The molecule has 25 heavy (non-hydrogen) atoms. The summed E-state index contributed by atoms with van der Waals surface area (Å²) in [5, 5.41) is 0.276. The summed E-state index contributed by atoms with van der Waals surface area (Å²) in [4.78, 5) is 13.5. The minimum atomic E-state index is -3.97. The van der Waals surface area contributed by atoms with Crippen molar-refractivity contribution in [3.8, 4) is 11.5 Å². The van der Waals surface area contributed by atoms with Gasteiger partial charge in [-0.2, -0.15) is 0 Å². The predicted molar refractivity (Wildman–Crippen MR) is 92.2 cm³/mol. The van der Waals surface area contributed by atoms with Crippen LogP contribution in [0.5, 0.6) is 11.5 Å². The van der Waals surface area contributed by atoms with Crippen molar-refractivity contribution in [2.75, 3.05) is 18.9 Å². The molecule has 0 atom stereocenters. The largest absolute Gasteiger partial charge is 0.495 e. The van der Waals surface area contributed by atoms with E-state index in [2.05, 4.69) is 9.71 Å². The first-order valence-electron chi connectivity index (χ1n) is 6.91. The second-order valence-electron chi connectivity index (χ2n) is 4.97. The van der Waals surface area contributed by atoms with Crippen molar-refractivity contribution >= 4 is 38.4 Å². The minimum absolute atomic E-state index is 0.0845. The lowest BCUT2D eigenvalue weighted by Gasteiger charge is -2.14. The third-order valence-corrected chi connectivity index (χ3v) is 5.08. The molecule has 0 fully saturated rings. The lowest BCUT2D eigenvalue weighted by molar-refractivity contribution is 0.405. The number of H-pyrrole nitrogens is 1. The third-order valence-electron chi connectivity index (χ3n) is 3.42. The maximum absolute atomic E-state index is 12.6. The molecule has 0 radical (unpaired) electrons. The lowest BCUT2D eigenvalue weighted by Crippen LogP contribution is -2.13. The Hall–Kier alpha value is -2.65. The maximum atomic E-state index is 12.6. The van der Waals surface area contributed by atoms with Crippen molar-refractivity contribution < 1.29 is 22.3 Å². The summed E-state index contributed by atoms with van der Waals surface area (Å²) in [7, 11) is -1.17. The number of nitrogens with one attached hydrogen (secondary N) is 2. The van der Waals surface area contributed by atoms with Crippen LogP contribution in [0.3, 0.4) is 0 Å². The number of aromatic amines is 1. The summed E-state index contributed by atoms with van der Waals surface area (Å²) in [5.41, 5.74) is 0.683. The van der Waals surface area contributed by atoms with Gasteiger partial charge in [0.05, 0.1) is 35.3 Å². The minimum Gasteiger partial charge on any atom is -0.495 e. The average molecular weight is 385 g/mol. The van der Waals surface area contributed by atoms with Crippen molar-refractivity contribution in [1.29, 1.82) is 0 Å². The lowest BCUT2D eigenvalue weighted by atomic mass is 10.3. The number of anilines is 1. The number of fused-ring (bicyclic) bond motifs is 1. The Bertz CT molecular complexity index is 1100. The first-order valence-corrected chi connectivity index (χ1v) is 8.77. The van der Waals surface area contributed by atoms with E-state index < -0.39 is 15.8 Å². The molecule has 1 aromatic heterocycles. The van der Waals surface area contributed by atoms with Crippen molar-refractivity contribution in [2.45, 2.75) is 4.90 Å². The number of benzene rings is 2. The molecule has 0 aliphatic rings. The second kappa shape index (κ2) is 6.34. The van der Waals surface area contributed by atoms with E-state index in [0.717, 1.165) is 0 Å². The van der Waals surface area contributed by atoms with Crippen LogP contribution in [0, 0.1) is 0 Å². The summed E-state index contributed by atoms with van der Waals surface area (Å²) >= 11 is 6.01. The molecular weight excluding hydrogens is 372 g/mol. The summed E-state index contributed by atoms with van der Waals surface area (Å²) in [6, 6.07) is 6.87. The van der Waals surface area contributed by atoms with E-state index in [4.69, 9.17) is 25.5 Å². The molecule has 0 bridgehead atoms. The predicted octanol–water partition coefficient (Wildman–Crippen LogP) is 2.59. The zero-order chi connectivity index (χ0) is 18.2. The fourth-order valence-electron chi connectivity index (χ4n) is 2.24. The van der Waals surface area contributed by atoms with E-state index in [-0.39, 0.29) is 32.7 Å². The topological polar surface area (TPSA) is 111 Å².